The highest BCUT2D eigenvalue weighted by molar-refractivity contribution is 5.94. The van der Waals surface area contributed by atoms with Crippen molar-refractivity contribution in [2.24, 2.45) is 23.3 Å². The van der Waals surface area contributed by atoms with Gasteiger partial charge in [0.25, 0.3) is 0 Å². The molecular weight excluding hydrogens is 446 g/mol. The Kier molecular flexibility index (Phi) is 14.7. The number of hydrogen-bond acceptors (Lipinski definition) is 7. The molecule has 0 aromatic rings. The van der Waals surface area contributed by atoms with E-state index < -0.39 is 53.8 Å². The van der Waals surface area contributed by atoms with Crippen LogP contribution in [0.1, 0.15) is 66.2 Å². The van der Waals surface area contributed by atoms with Crippen molar-refractivity contribution >= 4 is 29.7 Å². The fourth-order valence-electron chi connectivity index (χ4n) is 3.16. The van der Waals surface area contributed by atoms with Gasteiger partial charge in [-0.25, -0.2) is 4.79 Å². The summed E-state index contributed by atoms with van der Waals surface area (Å²) in [7, 11) is 0. The van der Waals surface area contributed by atoms with Crippen molar-refractivity contribution in [3.05, 3.63) is 0 Å². The number of rotatable bonds is 17. The molecular formula is C22H41N5O7. The standard InChI is InChI=1S/C22H41N5O7/c1-5-13(4)18(21(32)25-15(22(33)34)8-6-7-11-23)27-20(31)17(12(2)3)26-19(30)14(24)9-10-16(28)29/h12-15,17-18H,5-11,23-24H2,1-4H3,(H,25,32)(H,26,30)(H,27,31)(H,28,29)(H,33,34). The summed E-state index contributed by atoms with van der Waals surface area (Å²) in [6.07, 6.45) is 1.50. The van der Waals surface area contributed by atoms with E-state index >= 15 is 0 Å². The topological polar surface area (TPSA) is 214 Å². The molecule has 0 rings (SSSR count). The summed E-state index contributed by atoms with van der Waals surface area (Å²) in [5.74, 6) is -4.87. The maximum absolute atomic E-state index is 13.0. The first-order valence-corrected chi connectivity index (χ1v) is 11.7. The third-order valence-corrected chi connectivity index (χ3v) is 5.61. The minimum Gasteiger partial charge on any atom is -0.481 e. The average molecular weight is 488 g/mol. The smallest absolute Gasteiger partial charge is 0.326 e. The van der Waals surface area contributed by atoms with Gasteiger partial charge in [-0.05, 0) is 44.1 Å². The van der Waals surface area contributed by atoms with Gasteiger partial charge >= 0.3 is 11.9 Å². The zero-order valence-electron chi connectivity index (χ0n) is 20.5. The van der Waals surface area contributed by atoms with E-state index in [-0.39, 0.29) is 31.1 Å². The van der Waals surface area contributed by atoms with E-state index in [1.165, 1.54) is 0 Å². The highest BCUT2D eigenvalue weighted by Gasteiger charge is 2.33. The number of carboxylic acid groups (broad SMARTS) is 2. The molecule has 0 radical (unpaired) electrons. The number of hydrogen-bond donors (Lipinski definition) is 7. The minimum atomic E-state index is -1.18. The van der Waals surface area contributed by atoms with Gasteiger partial charge in [0.15, 0.2) is 0 Å². The van der Waals surface area contributed by atoms with E-state index in [2.05, 4.69) is 16.0 Å². The summed E-state index contributed by atoms with van der Waals surface area (Å²) in [5, 5.41) is 25.9. The SMILES string of the molecule is CCC(C)C(NC(=O)C(NC(=O)C(N)CCC(=O)O)C(C)C)C(=O)NC(CCCCN)C(=O)O. The lowest BCUT2D eigenvalue weighted by Crippen LogP contribution is -2.59. The van der Waals surface area contributed by atoms with Crippen molar-refractivity contribution in [3.8, 4) is 0 Å². The molecule has 5 atom stereocenters. The van der Waals surface area contributed by atoms with Crippen molar-refractivity contribution in [3.63, 3.8) is 0 Å². The molecule has 12 heteroatoms. The third-order valence-electron chi connectivity index (χ3n) is 5.61. The molecule has 5 unspecified atom stereocenters. The maximum atomic E-state index is 13.0. The number of nitrogens with one attached hydrogen (secondary N) is 3. The van der Waals surface area contributed by atoms with E-state index in [0.717, 1.165) is 0 Å². The number of carbonyl (C=O) groups excluding carboxylic acids is 3. The second-order valence-electron chi connectivity index (χ2n) is 8.82. The second-order valence-corrected chi connectivity index (χ2v) is 8.82. The Bertz CT molecular complexity index is 701. The van der Waals surface area contributed by atoms with Gasteiger partial charge in [-0.15, -0.1) is 0 Å². The van der Waals surface area contributed by atoms with Gasteiger partial charge in [-0.1, -0.05) is 34.1 Å². The molecule has 3 amide bonds. The second kappa shape index (κ2) is 16.0. The fourth-order valence-corrected chi connectivity index (χ4v) is 3.16. The first kappa shape index (κ1) is 31.3. The Hall–Kier alpha value is -2.73. The van der Waals surface area contributed by atoms with Crippen LogP contribution < -0.4 is 27.4 Å². The van der Waals surface area contributed by atoms with Crippen LogP contribution in [0.3, 0.4) is 0 Å². The van der Waals surface area contributed by atoms with Crippen LogP contribution in [0.15, 0.2) is 0 Å². The quantitative estimate of drug-likeness (QED) is 0.132. The van der Waals surface area contributed by atoms with Crippen molar-refractivity contribution in [1.82, 2.24) is 16.0 Å². The zero-order chi connectivity index (χ0) is 26.4. The lowest BCUT2D eigenvalue weighted by atomic mass is 9.95. The molecule has 0 aliphatic carbocycles. The molecule has 0 spiro atoms. The van der Waals surface area contributed by atoms with Gasteiger partial charge in [0, 0.05) is 6.42 Å². The molecule has 12 nitrogen and oxygen atoms in total. The highest BCUT2D eigenvalue weighted by Crippen LogP contribution is 2.12. The number of carbonyl (C=O) groups is 5. The van der Waals surface area contributed by atoms with E-state index in [0.29, 0.717) is 25.8 Å². The van der Waals surface area contributed by atoms with Crippen LogP contribution >= 0.6 is 0 Å². The van der Waals surface area contributed by atoms with Gasteiger partial charge in [0.1, 0.15) is 18.1 Å². The van der Waals surface area contributed by atoms with Gasteiger partial charge in [0.2, 0.25) is 17.7 Å². The first-order valence-electron chi connectivity index (χ1n) is 11.7. The van der Waals surface area contributed by atoms with Crippen molar-refractivity contribution in [2.45, 2.75) is 90.4 Å². The van der Waals surface area contributed by atoms with E-state index in [1.807, 2.05) is 6.92 Å². The Morgan fingerprint density at radius 3 is 1.85 bits per heavy atom. The summed E-state index contributed by atoms with van der Waals surface area (Å²) >= 11 is 0. The van der Waals surface area contributed by atoms with Crippen molar-refractivity contribution in [1.29, 1.82) is 0 Å². The molecule has 9 N–H and O–H groups in total. The molecule has 0 heterocycles. The Balaban J connectivity index is 5.40. The monoisotopic (exact) mass is 487 g/mol. The Labute approximate surface area is 200 Å². The summed E-state index contributed by atoms with van der Waals surface area (Å²) in [4.78, 5) is 60.6. The normalized spacial score (nSPS) is 15.5. The lowest BCUT2D eigenvalue weighted by Gasteiger charge is -2.29. The molecule has 0 aromatic carbocycles. The Morgan fingerprint density at radius 2 is 1.38 bits per heavy atom. The van der Waals surface area contributed by atoms with E-state index in [1.54, 1.807) is 20.8 Å². The lowest BCUT2D eigenvalue weighted by molar-refractivity contribution is -0.143. The number of carboxylic acids is 2. The zero-order valence-corrected chi connectivity index (χ0v) is 20.5. The van der Waals surface area contributed by atoms with Crippen LogP contribution in [-0.4, -0.2) is 70.6 Å². The predicted octanol–water partition coefficient (Wildman–Crippen LogP) is -0.451. The minimum absolute atomic E-state index is 0.0910. The summed E-state index contributed by atoms with van der Waals surface area (Å²) < 4.78 is 0. The van der Waals surface area contributed by atoms with Crippen molar-refractivity contribution in [2.75, 3.05) is 6.54 Å². The van der Waals surface area contributed by atoms with Crippen LogP contribution in [0.5, 0.6) is 0 Å². The highest BCUT2D eigenvalue weighted by atomic mass is 16.4. The van der Waals surface area contributed by atoms with E-state index in [4.69, 9.17) is 16.6 Å². The van der Waals surface area contributed by atoms with Gasteiger partial charge in [0.05, 0.1) is 6.04 Å². The number of amides is 3. The maximum Gasteiger partial charge on any atom is 0.326 e. The average Bonchev–Trinajstić information content (AvgIpc) is 2.77. The number of aliphatic carboxylic acids is 2. The molecule has 0 saturated heterocycles. The molecule has 0 fully saturated rings. The Morgan fingerprint density at radius 1 is 0.824 bits per heavy atom. The van der Waals surface area contributed by atoms with Crippen LogP contribution in [-0.2, 0) is 24.0 Å². The summed E-state index contributed by atoms with van der Waals surface area (Å²) in [6.45, 7) is 7.39. The molecule has 0 saturated carbocycles. The molecule has 0 aliphatic rings. The van der Waals surface area contributed by atoms with Crippen LogP contribution in [0.2, 0.25) is 0 Å². The first-order chi connectivity index (χ1) is 15.8. The van der Waals surface area contributed by atoms with Crippen LogP contribution in [0.4, 0.5) is 0 Å². The molecule has 0 aliphatic heterocycles. The van der Waals surface area contributed by atoms with E-state index in [9.17, 15) is 29.1 Å². The largest absolute Gasteiger partial charge is 0.481 e. The summed E-state index contributed by atoms with van der Waals surface area (Å²) in [6, 6.07) is -4.27. The molecule has 0 bridgehead atoms. The van der Waals surface area contributed by atoms with Gasteiger partial charge in [-0.3, -0.25) is 19.2 Å². The van der Waals surface area contributed by atoms with Gasteiger partial charge in [-0.2, -0.15) is 0 Å². The number of nitrogens with two attached hydrogens (primary N) is 2. The summed E-state index contributed by atoms with van der Waals surface area (Å²) in [5.41, 5.74) is 11.2. The molecule has 0 aromatic heterocycles. The third kappa shape index (κ3) is 11.4. The predicted molar refractivity (Wildman–Crippen MR) is 125 cm³/mol. The molecule has 196 valence electrons. The molecule has 34 heavy (non-hydrogen) atoms. The fraction of sp³-hybridized carbons (Fsp3) is 0.773. The van der Waals surface area contributed by atoms with Crippen molar-refractivity contribution < 1.29 is 34.2 Å². The van der Waals surface area contributed by atoms with Crippen LogP contribution in [0.25, 0.3) is 0 Å². The number of unbranched alkanes of at least 4 members (excludes halogenated alkanes) is 1. The van der Waals surface area contributed by atoms with Crippen LogP contribution in [0, 0.1) is 11.8 Å². The van der Waals surface area contributed by atoms with Gasteiger partial charge < -0.3 is 37.6 Å².